The van der Waals surface area contributed by atoms with Gasteiger partial charge in [0, 0.05) is 290 Å². The first-order valence-corrected chi connectivity index (χ1v) is 50.3. The molecule has 35 nitrogen and oxygen atoms in total. The smallest absolute Gasteiger partial charge is 0.219 e. The van der Waals surface area contributed by atoms with Gasteiger partial charge in [-0.2, -0.15) is 20.4 Å². The summed E-state index contributed by atoms with van der Waals surface area (Å²) in [5.41, 5.74) is 23.1. The van der Waals surface area contributed by atoms with Gasteiger partial charge in [0.05, 0.1) is 198 Å². The van der Waals surface area contributed by atoms with Crippen molar-refractivity contribution in [3.63, 3.8) is 0 Å². The van der Waals surface area contributed by atoms with Crippen molar-refractivity contribution in [3.05, 3.63) is 279 Å². The number of rotatable bonds is 31. The predicted octanol–water partition coefficient (Wildman–Crippen LogP) is 19.2. The van der Waals surface area contributed by atoms with Crippen molar-refractivity contribution in [1.29, 1.82) is 0 Å². The van der Waals surface area contributed by atoms with E-state index in [1.807, 2.05) is 204 Å². The molecule has 13 heterocycles. The van der Waals surface area contributed by atoms with Crippen molar-refractivity contribution in [2.45, 2.75) is 77.7 Å². The molecule has 18 aromatic rings. The second-order valence-corrected chi connectivity index (χ2v) is 37.8. The van der Waals surface area contributed by atoms with Crippen LogP contribution in [0.2, 0.25) is 0 Å². The number of methoxy groups -OCH3 is 8. The Kier molecular flexibility index (Phi) is 32.7. The number of aromatic nitrogens is 18. The number of ether oxygens (including phenoxy) is 8. The first-order valence-electron chi connectivity index (χ1n) is 49.5. The molecule has 21 rings (SSSR count). The Bertz CT molecular complexity index is 7560. The van der Waals surface area contributed by atoms with E-state index in [2.05, 4.69) is 163 Å². The number of nitrogens with zero attached hydrogens (tertiary/aromatic N) is 26. The van der Waals surface area contributed by atoms with Gasteiger partial charge in [0.15, 0.2) is 0 Å². The van der Waals surface area contributed by atoms with Crippen LogP contribution in [0.4, 0.5) is 45.5 Å². The molecule has 3 aliphatic heterocycles. The predicted molar refractivity (Wildman–Crippen MR) is 585 cm³/mol. The number of halogens is 1. The molecule has 3 aliphatic rings. The average molecular weight is 2070 g/mol. The zero-order valence-electron chi connectivity index (χ0n) is 86.6. The maximum Gasteiger partial charge on any atom is 0.219 e. The molecule has 1 amide bonds. The summed E-state index contributed by atoms with van der Waals surface area (Å²) in [6.45, 7) is 16.8. The lowest BCUT2D eigenvalue weighted by Gasteiger charge is -2.43. The molecule has 0 radical (unpaired) electrons. The van der Waals surface area contributed by atoms with Gasteiger partial charge in [-0.25, -0.2) is 24.9 Å². The standard InChI is InChI=1S/C33H42N8O3.C28H34N6O2.C26H23BrN6O2.C26H24N6O2/c1-24(42)39-9-7-26(8-10-39)40-14-11-38(12-15-40)13-16-41(28-17-29(43-3)20-30(18-28)44-4)27-5-6-31-32(19-27)36-33(22-34-31)25-21-35-37(2)23-25;1-19-6-7-20(2)33(19)10-11-34(23-12-24(35-4)15-25(13-23)36-5)22-8-9-26-27(14-22)31-28(17-29-26)21-16-30-32(3)18-21;1-32-15-17(13-29-32)25-14-28-23-8-7-19(11-24(23)31-25)33(16-18-5-4-6-26(27)30-18)20-9-21(34-2)12-22(10-20)35-3;1-31-16-18(14-29-31)26-15-28-24-8-7-20(12-25(24)30-26)32(17-19-6-4-5-9-27-19)21-10-22(33-2)13-23(11-21)34-3/h5-6,17-23,26H,7-16H2,1-4H3;8-9,12-20H,6-7,10-11H2,1-5H3;4-15H,16H2,1-3H3;4-16H,17H2,1-3H3/t;19-,20-;;/m.0../s1. The molecule has 3 fully saturated rings. The number of likely N-dealkylation sites (tertiary alicyclic amines) is 2. The van der Waals surface area contributed by atoms with Crippen molar-refractivity contribution >= 4 is 111 Å². The van der Waals surface area contributed by atoms with E-state index < -0.39 is 0 Å². The van der Waals surface area contributed by atoms with Gasteiger partial charge < -0.3 is 62.4 Å². The fraction of sp³-hybridized carbons (Fsp3) is 0.301. The molecule has 10 aromatic heterocycles. The van der Waals surface area contributed by atoms with Crippen molar-refractivity contribution in [2.24, 2.45) is 28.2 Å². The maximum atomic E-state index is 11.7. The van der Waals surface area contributed by atoms with Gasteiger partial charge in [0.25, 0.3) is 0 Å². The van der Waals surface area contributed by atoms with E-state index in [0.29, 0.717) is 54.2 Å². The molecule has 8 aromatic carbocycles. The van der Waals surface area contributed by atoms with Crippen LogP contribution in [0, 0.1) is 0 Å². The van der Waals surface area contributed by atoms with Gasteiger partial charge in [0.2, 0.25) is 5.91 Å². The summed E-state index contributed by atoms with van der Waals surface area (Å²) in [5.74, 6) is 6.02. The van der Waals surface area contributed by atoms with Crippen molar-refractivity contribution in [2.75, 3.05) is 142 Å². The molecule has 766 valence electrons. The molecule has 0 unspecified atom stereocenters. The Morgan fingerprint density at radius 3 is 0.980 bits per heavy atom. The van der Waals surface area contributed by atoms with Crippen LogP contribution in [0.15, 0.2) is 267 Å². The first kappa shape index (κ1) is 103. The zero-order valence-corrected chi connectivity index (χ0v) is 88.1. The van der Waals surface area contributed by atoms with Gasteiger partial charge in [0.1, 0.15) is 50.6 Å². The van der Waals surface area contributed by atoms with Crippen LogP contribution in [0.5, 0.6) is 46.0 Å². The Hall–Kier alpha value is -16.3. The molecule has 2 atom stereocenters. The molecule has 0 bridgehead atoms. The minimum atomic E-state index is 0.193. The molecule has 0 aliphatic carbocycles. The number of anilines is 8. The number of amides is 1. The van der Waals surface area contributed by atoms with Gasteiger partial charge in [-0.15, -0.1) is 0 Å². The van der Waals surface area contributed by atoms with Crippen LogP contribution in [-0.4, -0.2) is 255 Å². The van der Waals surface area contributed by atoms with E-state index in [1.54, 1.807) is 126 Å². The van der Waals surface area contributed by atoms with Crippen molar-refractivity contribution in [1.82, 2.24) is 109 Å². The Labute approximate surface area is 874 Å². The molecule has 0 N–H and O–H groups in total. The summed E-state index contributed by atoms with van der Waals surface area (Å²) in [5, 5.41) is 17.1. The zero-order chi connectivity index (χ0) is 104. The summed E-state index contributed by atoms with van der Waals surface area (Å²) in [6, 6.07) is 61.8. The van der Waals surface area contributed by atoms with E-state index in [1.165, 1.54) is 12.8 Å². The summed E-state index contributed by atoms with van der Waals surface area (Å²) in [7, 11) is 20.9. The quantitative estimate of drug-likeness (QED) is 0.0364. The van der Waals surface area contributed by atoms with Crippen molar-refractivity contribution in [3.8, 4) is 91.0 Å². The molecular formula is C113H123BrN26O9. The number of piperazine rings is 1. The SMILES string of the molecule is COc1cc(OC)cc(N(CCN2CCN(C3CCN(C(C)=O)CC3)CC2)c2ccc3ncc(-c4cnn(C)c4)nc3c2)c1.COc1cc(OC)cc(N(CCN2[C@@H](C)CC[C@@H]2C)c2ccc3ncc(-c4cnn(C)c4)nc3c2)c1.COc1cc(OC)cc(N(Cc2cccc(Br)n2)c2ccc3ncc(-c4cnn(C)c4)nc3c2)c1.COc1cc(OC)cc(N(Cc2ccccn2)c2ccc3ncc(-c4cnn(C)c4)nc3c2)c1. The van der Waals surface area contributed by atoms with Gasteiger partial charge in [-0.05, 0) is 153 Å². The summed E-state index contributed by atoms with van der Waals surface area (Å²) < 4.78 is 52.4. The van der Waals surface area contributed by atoms with E-state index >= 15 is 0 Å². The summed E-state index contributed by atoms with van der Waals surface area (Å²) in [6.07, 6.45) is 28.5. The number of benzene rings is 8. The minimum absolute atomic E-state index is 0.193. The largest absolute Gasteiger partial charge is 0.497 e. The number of carbonyl (C=O) groups excluding carboxylic acids is 1. The lowest BCUT2D eigenvalue weighted by Crippen LogP contribution is -2.54. The molecular weight excluding hydrogens is 1950 g/mol. The Morgan fingerprint density at radius 1 is 0.336 bits per heavy atom. The maximum absolute atomic E-state index is 11.7. The van der Waals surface area contributed by atoms with Crippen LogP contribution >= 0.6 is 15.9 Å². The van der Waals surface area contributed by atoms with Crippen molar-refractivity contribution < 1.29 is 42.7 Å². The second kappa shape index (κ2) is 47.5. The van der Waals surface area contributed by atoms with E-state index in [4.69, 9.17) is 57.8 Å². The topological polar surface area (TPSA) is 317 Å². The number of aryl methyl sites for hydroxylation is 4. The van der Waals surface area contributed by atoms with Crippen LogP contribution in [-0.2, 0) is 46.1 Å². The monoisotopic (exact) mass is 2070 g/mol. The highest BCUT2D eigenvalue weighted by Gasteiger charge is 2.32. The van der Waals surface area contributed by atoms with E-state index in [9.17, 15) is 4.79 Å². The molecule has 0 spiro atoms. The van der Waals surface area contributed by atoms with Gasteiger partial charge >= 0.3 is 0 Å². The fourth-order valence-corrected chi connectivity index (χ4v) is 19.5. The molecule has 0 saturated carbocycles. The van der Waals surface area contributed by atoms with Gasteiger partial charge in [-0.1, -0.05) is 12.1 Å². The number of piperidine rings is 1. The molecule has 36 heteroatoms. The molecule has 3 saturated heterocycles. The van der Waals surface area contributed by atoms with Gasteiger partial charge in [-0.3, -0.25) is 63.1 Å². The number of carbonyl (C=O) groups is 1. The minimum Gasteiger partial charge on any atom is -0.497 e. The van der Waals surface area contributed by atoms with E-state index in [0.717, 1.165) is 252 Å². The number of hydrogen-bond donors (Lipinski definition) is 0. The number of pyridine rings is 2. The highest BCUT2D eigenvalue weighted by molar-refractivity contribution is 9.10. The van der Waals surface area contributed by atoms with Crippen LogP contribution in [0.1, 0.15) is 57.8 Å². The third-order valence-corrected chi connectivity index (χ3v) is 27.7. The number of hydrogen-bond acceptors (Lipinski definition) is 30. The Morgan fingerprint density at radius 2 is 0.664 bits per heavy atom. The lowest BCUT2D eigenvalue weighted by molar-refractivity contribution is -0.130. The fourth-order valence-electron chi connectivity index (χ4n) is 19.1. The van der Waals surface area contributed by atoms with E-state index in [-0.39, 0.29) is 5.91 Å². The summed E-state index contributed by atoms with van der Waals surface area (Å²) in [4.78, 5) is 77.8. The highest BCUT2D eigenvalue weighted by Crippen LogP contribution is 2.42. The normalized spacial score (nSPS) is 14.4. The Balaban J connectivity index is 0.000000130. The average Bonchev–Trinajstić information content (AvgIpc) is 1.67. The first-order chi connectivity index (χ1) is 72.5. The third-order valence-electron chi connectivity index (χ3n) is 27.3. The van der Waals surface area contributed by atoms with Crippen LogP contribution in [0.25, 0.3) is 89.2 Å². The third kappa shape index (κ3) is 25.2. The summed E-state index contributed by atoms with van der Waals surface area (Å²) >= 11 is 3.48. The molecule has 149 heavy (non-hydrogen) atoms. The second-order valence-electron chi connectivity index (χ2n) is 37.0. The van der Waals surface area contributed by atoms with Crippen LogP contribution < -0.4 is 57.5 Å². The lowest BCUT2D eigenvalue weighted by atomic mass is 10.0. The number of fused-ring (bicyclic) bond motifs is 4. The highest BCUT2D eigenvalue weighted by atomic mass is 79.9. The van der Waals surface area contributed by atoms with Crippen LogP contribution in [0.3, 0.4) is 0 Å².